The number of hydrogen-bond acceptors (Lipinski definition) is 4. The molecule has 0 bridgehead atoms. The monoisotopic (exact) mass is 283 g/mol. The average Bonchev–Trinajstić information content (AvgIpc) is 2.42. The first-order valence-electron chi connectivity index (χ1n) is 7.67. The first-order valence-corrected chi connectivity index (χ1v) is 7.67. The molecular formula is C15H29N3O2. The van der Waals surface area contributed by atoms with Gasteiger partial charge in [-0.15, -0.1) is 0 Å². The van der Waals surface area contributed by atoms with Crippen molar-refractivity contribution in [3.8, 4) is 0 Å². The highest BCUT2D eigenvalue weighted by Crippen LogP contribution is 2.38. The Labute approximate surface area is 122 Å². The Balaban J connectivity index is 2.04. The van der Waals surface area contributed by atoms with E-state index < -0.39 is 5.41 Å². The first kappa shape index (κ1) is 15.7. The van der Waals surface area contributed by atoms with Crippen molar-refractivity contribution in [2.75, 3.05) is 47.4 Å². The number of nitrogens with two attached hydrogens (primary N) is 1. The summed E-state index contributed by atoms with van der Waals surface area (Å²) in [6.07, 6.45) is 5.12. The Kier molecular flexibility index (Phi) is 4.72. The highest BCUT2D eigenvalue weighted by atomic mass is 16.5. The molecule has 116 valence electrons. The molecule has 2 fully saturated rings. The van der Waals surface area contributed by atoms with Gasteiger partial charge in [-0.1, -0.05) is 0 Å². The van der Waals surface area contributed by atoms with E-state index in [-0.39, 0.29) is 11.4 Å². The summed E-state index contributed by atoms with van der Waals surface area (Å²) in [7, 11) is 6.16. The second kappa shape index (κ2) is 6.00. The lowest BCUT2D eigenvalue weighted by molar-refractivity contribution is -0.148. The van der Waals surface area contributed by atoms with Gasteiger partial charge in [-0.2, -0.15) is 0 Å². The SMILES string of the molecule is CN(CC1(N(C)C)CCC1)C(=O)C1(CN)CCOCC1. The Morgan fingerprint density at radius 3 is 2.15 bits per heavy atom. The molecule has 5 nitrogen and oxygen atoms in total. The van der Waals surface area contributed by atoms with Crippen LogP contribution < -0.4 is 5.73 Å². The van der Waals surface area contributed by atoms with E-state index in [9.17, 15) is 4.79 Å². The van der Waals surface area contributed by atoms with Crippen molar-refractivity contribution in [2.24, 2.45) is 11.1 Å². The molecule has 0 spiro atoms. The Bertz CT molecular complexity index is 347. The standard InChI is InChI=1S/C15H29N3O2/c1-17(2)15(5-4-6-15)12-18(3)13(19)14(11-16)7-9-20-10-8-14/h4-12,16H2,1-3H3. The van der Waals surface area contributed by atoms with Crippen molar-refractivity contribution in [1.82, 2.24) is 9.80 Å². The van der Waals surface area contributed by atoms with E-state index >= 15 is 0 Å². The van der Waals surface area contributed by atoms with Crippen molar-refractivity contribution in [1.29, 1.82) is 0 Å². The molecular weight excluding hydrogens is 254 g/mol. The highest BCUT2D eigenvalue weighted by Gasteiger charge is 2.45. The van der Waals surface area contributed by atoms with Gasteiger partial charge in [-0.25, -0.2) is 0 Å². The van der Waals surface area contributed by atoms with Gasteiger partial charge in [0.05, 0.1) is 5.41 Å². The van der Waals surface area contributed by atoms with Crippen LogP contribution in [-0.2, 0) is 9.53 Å². The smallest absolute Gasteiger partial charge is 0.230 e. The molecule has 1 saturated heterocycles. The van der Waals surface area contributed by atoms with E-state index in [0.29, 0.717) is 19.8 Å². The van der Waals surface area contributed by atoms with Crippen LogP contribution in [0, 0.1) is 5.41 Å². The van der Waals surface area contributed by atoms with Crippen molar-refractivity contribution in [3.05, 3.63) is 0 Å². The lowest BCUT2D eigenvalue weighted by Crippen LogP contribution is -2.60. The first-order chi connectivity index (χ1) is 9.46. The third kappa shape index (κ3) is 2.71. The molecule has 1 aliphatic heterocycles. The zero-order chi connectivity index (χ0) is 14.8. The minimum atomic E-state index is -0.399. The predicted molar refractivity (Wildman–Crippen MR) is 79.4 cm³/mol. The largest absolute Gasteiger partial charge is 0.381 e. The lowest BCUT2D eigenvalue weighted by atomic mass is 9.74. The fourth-order valence-electron chi connectivity index (χ4n) is 3.52. The third-order valence-electron chi connectivity index (χ3n) is 5.41. The number of nitrogens with zero attached hydrogens (tertiary/aromatic N) is 2. The molecule has 2 N–H and O–H groups in total. The number of likely N-dealkylation sites (N-methyl/N-ethyl adjacent to an activating group) is 2. The molecule has 1 saturated carbocycles. The van der Waals surface area contributed by atoms with Crippen LogP contribution in [0.3, 0.4) is 0 Å². The summed E-state index contributed by atoms with van der Waals surface area (Å²) < 4.78 is 5.39. The molecule has 1 amide bonds. The van der Waals surface area contributed by atoms with Crippen LogP contribution >= 0.6 is 0 Å². The van der Waals surface area contributed by atoms with Gasteiger partial charge in [-0.3, -0.25) is 4.79 Å². The molecule has 1 heterocycles. The Hall–Kier alpha value is -0.650. The molecule has 2 rings (SSSR count). The van der Waals surface area contributed by atoms with Gasteiger partial charge in [-0.05, 0) is 46.2 Å². The lowest BCUT2D eigenvalue weighted by Gasteiger charge is -2.50. The maximum absolute atomic E-state index is 12.9. The summed E-state index contributed by atoms with van der Waals surface area (Å²) in [6, 6.07) is 0. The molecule has 0 unspecified atom stereocenters. The zero-order valence-corrected chi connectivity index (χ0v) is 13.2. The fraction of sp³-hybridized carbons (Fsp3) is 0.933. The van der Waals surface area contributed by atoms with Crippen LogP contribution in [0.5, 0.6) is 0 Å². The molecule has 0 radical (unpaired) electrons. The summed E-state index contributed by atoms with van der Waals surface area (Å²) in [6.45, 7) is 2.53. The third-order valence-corrected chi connectivity index (χ3v) is 5.41. The van der Waals surface area contributed by atoms with E-state index in [1.807, 2.05) is 11.9 Å². The number of amides is 1. The number of hydrogen-bond donors (Lipinski definition) is 1. The topological polar surface area (TPSA) is 58.8 Å². The number of rotatable bonds is 5. The maximum atomic E-state index is 12.9. The quantitative estimate of drug-likeness (QED) is 0.806. The Morgan fingerprint density at radius 1 is 1.15 bits per heavy atom. The van der Waals surface area contributed by atoms with E-state index in [1.165, 1.54) is 19.3 Å². The van der Waals surface area contributed by atoms with E-state index in [4.69, 9.17) is 10.5 Å². The highest BCUT2D eigenvalue weighted by molar-refractivity contribution is 5.83. The van der Waals surface area contributed by atoms with Gasteiger partial charge in [0.1, 0.15) is 0 Å². The van der Waals surface area contributed by atoms with Gasteiger partial charge in [0.25, 0.3) is 0 Å². The second-order valence-corrected chi connectivity index (χ2v) is 6.73. The van der Waals surface area contributed by atoms with Crippen molar-refractivity contribution < 1.29 is 9.53 Å². The Morgan fingerprint density at radius 2 is 1.75 bits per heavy atom. The van der Waals surface area contributed by atoms with Crippen LogP contribution in [-0.4, -0.2) is 68.7 Å². The van der Waals surface area contributed by atoms with Gasteiger partial charge >= 0.3 is 0 Å². The minimum Gasteiger partial charge on any atom is -0.381 e. The normalized spacial score (nSPS) is 24.2. The predicted octanol–water partition coefficient (Wildman–Crippen LogP) is 0.685. The number of carbonyl (C=O) groups excluding carboxylic acids is 1. The van der Waals surface area contributed by atoms with Gasteiger partial charge in [0, 0.05) is 38.9 Å². The van der Waals surface area contributed by atoms with Crippen LogP contribution in [0.15, 0.2) is 0 Å². The van der Waals surface area contributed by atoms with Crippen LogP contribution in [0.2, 0.25) is 0 Å². The summed E-state index contributed by atoms with van der Waals surface area (Å²) in [5.74, 6) is 0.205. The van der Waals surface area contributed by atoms with Crippen LogP contribution in [0.4, 0.5) is 0 Å². The van der Waals surface area contributed by atoms with Crippen LogP contribution in [0.1, 0.15) is 32.1 Å². The molecule has 0 aromatic rings. The molecule has 1 aliphatic carbocycles. The summed E-state index contributed by atoms with van der Waals surface area (Å²) >= 11 is 0. The number of carbonyl (C=O) groups is 1. The van der Waals surface area contributed by atoms with Gasteiger partial charge in [0.15, 0.2) is 0 Å². The minimum absolute atomic E-state index is 0.172. The molecule has 0 aromatic carbocycles. The van der Waals surface area contributed by atoms with E-state index in [0.717, 1.165) is 19.4 Å². The fourth-order valence-corrected chi connectivity index (χ4v) is 3.52. The molecule has 20 heavy (non-hydrogen) atoms. The maximum Gasteiger partial charge on any atom is 0.230 e. The summed E-state index contributed by atoms with van der Waals surface area (Å²) in [4.78, 5) is 17.1. The van der Waals surface area contributed by atoms with Crippen molar-refractivity contribution in [2.45, 2.75) is 37.6 Å². The summed E-state index contributed by atoms with van der Waals surface area (Å²) in [5, 5.41) is 0. The van der Waals surface area contributed by atoms with E-state index in [2.05, 4.69) is 19.0 Å². The molecule has 0 aromatic heterocycles. The van der Waals surface area contributed by atoms with Gasteiger partial charge < -0.3 is 20.3 Å². The number of ether oxygens (including phenoxy) is 1. The average molecular weight is 283 g/mol. The molecule has 0 atom stereocenters. The summed E-state index contributed by atoms with van der Waals surface area (Å²) in [5.41, 5.74) is 5.71. The zero-order valence-electron chi connectivity index (χ0n) is 13.2. The van der Waals surface area contributed by atoms with Crippen molar-refractivity contribution in [3.63, 3.8) is 0 Å². The molecule has 2 aliphatic rings. The van der Waals surface area contributed by atoms with E-state index in [1.54, 1.807) is 0 Å². The van der Waals surface area contributed by atoms with Crippen molar-refractivity contribution >= 4 is 5.91 Å². The van der Waals surface area contributed by atoms with Gasteiger partial charge in [0.2, 0.25) is 5.91 Å². The second-order valence-electron chi connectivity index (χ2n) is 6.73. The molecule has 5 heteroatoms. The van der Waals surface area contributed by atoms with Crippen LogP contribution in [0.25, 0.3) is 0 Å².